The van der Waals surface area contributed by atoms with Crippen molar-refractivity contribution in [3.63, 3.8) is 0 Å². The summed E-state index contributed by atoms with van der Waals surface area (Å²) in [6.45, 7) is 2.73. The predicted octanol–water partition coefficient (Wildman–Crippen LogP) is 2.80. The van der Waals surface area contributed by atoms with Gasteiger partial charge < -0.3 is 20.3 Å². The number of carbonyl (C=O) groups excluding carboxylic acids is 1. The lowest BCUT2D eigenvalue weighted by molar-refractivity contribution is -0.118. The second kappa shape index (κ2) is 9.93. The number of imidazole rings is 1. The predicted molar refractivity (Wildman–Crippen MR) is 107 cm³/mol. The standard InChI is InChI=1S/C21H28F2N4O2/c1-2-4-19(21(29)26-20-12-27(13-24-20)7-3-8-28)25-16-6-5-14-9-15(22)10-18(23)17(14)11-16/h9-10,12-13,16,19,25,28H,2-8,11H2,1H3,(H,26,29). The number of aliphatic hydroxyl groups excluding tert-OH is 1. The van der Waals surface area contributed by atoms with Crippen molar-refractivity contribution in [2.75, 3.05) is 11.9 Å². The average molecular weight is 406 g/mol. The van der Waals surface area contributed by atoms with Gasteiger partial charge in [-0.2, -0.15) is 0 Å². The van der Waals surface area contributed by atoms with Gasteiger partial charge in [0.05, 0.1) is 12.4 Å². The number of hydrogen-bond donors (Lipinski definition) is 3. The zero-order valence-electron chi connectivity index (χ0n) is 16.6. The maximum Gasteiger partial charge on any atom is 0.242 e. The quantitative estimate of drug-likeness (QED) is 0.598. The first-order valence-corrected chi connectivity index (χ1v) is 10.2. The minimum Gasteiger partial charge on any atom is -0.396 e. The Kier molecular flexibility index (Phi) is 7.33. The van der Waals surface area contributed by atoms with Gasteiger partial charge in [-0.1, -0.05) is 13.3 Å². The molecular formula is C21H28F2N4O2. The van der Waals surface area contributed by atoms with E-state index in [4.69, 9.17) is 5.11 Å². The van der Waals surface area contributed by atoms with Crippen LogP contribution < -0.4 is 10.6 Å². The molecule has 1 aromatic heterocycles. The molecule has 8 heteroatoms. The number of anilines is 1. The largest absolute Gasteiger partial charge is 0.396 e. The molecule has 1 heterocycles. The summed E-state index contributed by atoms with van der Waals surface area (Å²) in [6, 6.07) is 1.85. The van der Waals surface area contributed by atoms with E-state index in [-0.39, 0.29) is 18.6 Å². The molecule has 1 amide bonds. The van der Waals surface area contributed by atoms with Crippen molar-refractivity contribution in [2.24, 2.45) is 0 Å². The van der Waals surface area contributed by atoms with Crippen molar-refractivity contribution in [3.8, 4) is 0 Å². The molecule has 2 aromatic rings. The minimum atomic E-state index is -0.547. The molecule has 6 nitrogen and oxygen atoms in total. The van der Waals surface area contributed by atoms with Crippen LogP contribution in [0.5, 0.6) is 0 Å². The summed E-state index contributed by atoms with van der Waals surface area (Å²) < 4.78 is 29.4. The van der Waals surface area contributed by atoms with Crippen molar-refractivity contribution >= 4 is 11.7 Å². The fourth-order valence-electron chi connectivity index (χ4n) is 3.81. The number of amides is 1. The van der Waals surface area contributed by atoms with E-state index in [0.717, 1.165) is 18.9 Å². The van der Waals surface area contributed by atoms with Crippen LogP contribution in [0.3, 0.4) is 0 Å². The summed E-state index contributed by atoms with van der Waals surface area (Å²) in [5, 5.41) is 15.1. The Bertz CT molecular complexity index is 840. The molecule has 29 heavy (non-hydrogen) atoms. The van der Waals surface area contributed by atoms with E-state index >= 15 is 0 Å². The van der Waals surface area contributed by atoms with Gasteiger partial charge in [0.25, 0.3) is 0 Å². The maximum atomic E-state index is 14.2. The van der Waals surface area contributed by atoms with Crippen LogP contribution in [0.4, 0.5) is 14.6 Å². The monoisotopic (exact) mass is 406 g/mol. The van der Waals surface area contributed by atoms with E-state index in [9.17, 15) is 13.6 Å². The molecule has 0 bridgehead atoms. The Hall–Kier alpha value is -2.32. The number of benzene rings is 1. The van der Waals surface area contributed by atoms with Gasteiger partial charge in [0.15, 0.2) is 5.82 Å². The number of rotatable bonds is 9. The molecule has 158 valence electrons. The smallest absolute Gasteiger partial charge is 0.242 e. The fourth-order valence-corrected chi connectivity index (χ4v) is 3.81. The van der Waals surface area contributed by atoms with E-state index in [2.05, 4.69) is 15.6 Å². The molecule has 0 spiro atoms. The summed E-state index contributed by atoms with van der Waals surface area (Å²) >= 11 is 0. The molecule has 2 atom stereocenters. The molecule has 0 radical (unpaired) electrons. The van der Waals surface area contributed by atoms with E-state index in [1.54, 1.807) is 12.5 Å². The fraction of sp³-hybridized carbons (Fsp3) is 0.524. The molecule has 1 aliphatic rings. The number of hydrogen-bond acceptors (Lipinski definition) is 4. The number of aryl methyl sites for hydroxylation is 2. The SMILES string of the molecule is CCCC(NC1CCc2cc(F)cc(F)c2C1)C(=O)Nc1cn(CCCO)cn1. The number of fused-ring (bicyclic) bond motifs is 1. The summed E-state index contributed by atoms with van der Waals surface area (Å²) in [5.74, 6) is -0.776. The van der Waals surface area contributed by atoms with Crippen molar-refractivity contribution in [1.29, 1.82) is 0 Å². The summed E-state index contributed by atoms with van der Waals surface area (Å²) in [5.41, 5.74) is 1.25. The van der Waals surface area contributed by atoms with E-state index in [0.29, 0.717) is 49.2 Å². The molecule has 2 unspecified atom stereocenters. The van der Waals surface area contributed by atoms with Crippen LogP contribution in [0.1, 0.15) is 43.7 Å². The van der Waals surface area contributed by atoms with E-state index in [1.807, 2.05) is 11.5 Å². The van der Waals surface area contributed by atoms with Crippen LogP contribution in [0, 0.1) is 11.6 Å². The zero-order valence-corrected chi connectivity index (χ0v) is 16.6. The van der Waals surface area contributed by atoms with E-state index in [1.165, 1.54) is 6.07 Å². The van der Waals surface area contributed by atoms with Gasteiger partial charge in [0, 0.05) is 31.5 Å². The Morgan fingerprint density at radius 2 is 2.24 bits per heavy atom. The van der Waals surface area contributed by atoms with Crippen LogP contribution in [-0.4, -0.2) is 39.3 Å². The molecule has 0 fully saturated rings. The number of nitrogens with one attached hydrogen (secondary N) is 2. The highest BCUT2D eigenvalue weighted by molar-refractivity contribution is 5.94. The molecule has 3 rings (SSSR count). The Labute approximate surface area is 169 Å². The lowest BCUT2D eigenvalue weighted by atomic mass is 9.87. The number of nitrogens with zero attached hydrogens (tertiary/aromatic N) is 2. The van der Waals surface area contributed by atoms with Gasteiger partial charge in [-0.25, -0.2) is 13.8 Å². The Balaban J connectivity index is 1.62. The third-order valence-electron chi connectivity index (χ3n) is 5.25. The van der Waals surface area contributed by atoms with Crippen molar-refractivity contribution in [3.05, 3.63) is 47.4 Å². The molecule has 0 aliphatic heterocycles. The summed E-state index contributed by atoms with van der Waals surface area (Å²) in [4.78, 5) is 17.0. The summed E-state index contributed by atoms with van der Waals surface area (Å²) in [7, 11) is 0. The van der Waals surface area contributed by atoms with E-state index < -0.39 is 17.7 Å². The van der Waals surface area contributed by atoms with Crippen LogP contribution in [0.2, 0.25) is 0 Å². The van der Waals surface area contributed by atoms with Gasteiger partial charge in [0.2, 0.25) is 5.91 Å². The Morgan fingerprint density at radius 3 is 3.00 bits per heavy atom. The molecule has 1 aromatic carbocycles. The minimum absolute atomic E-state index is 0.0492. The van der Waals surface area contributed by atoms with Gasteiger partial charge in [-0.15, -0.1) is 0 Å². The molecular weight excluding hydrogens is 378 g/mol. The number of aliphatic hydroxyl groups is 1. The van der Waals surface area contributed by atoms with Crippen molar-refractivity contribution in [1.82, 2.24) is 14.9 Å². The second-order valence-corrected chi connectivity index (χ2v) is 7.54. The third-order valence-corrected chi connectivity index (χ3v) is 5.25. The normalized spacial score (nSPS) is 17.0. The number of aromatic nitrogens is 2. The molecule has 0 saturated heterocycles. The zero-order chi connectivity index (χ0) is 20.8. The lowest BCUT2D eigenvalue weighted by Crippen LogP contribution is -2.48. The molecule has 3 N–H and O–H groups in total. The maximum absolute atomic E-state index is 14.2. The van der Waals surface area contributed by atoms with Gasteiger partial charge in [-0.05, 0) is 49.3 Å². The van der Waals surface area contributed by atoms with Crippen LogP contribution in [0.15, 0.2) is 24.7 Å². The van der Waals surface area contributed by atoms with Crippen LogP contribution in [-0.2, 0) is 24.2 Å². The number of halogens is 2. The highest BCUT2D eigenvalue weighted by Gasteiger charge is 2.27. The second-order valence-electron chi connectivity index (χ2n) is 7.54. The van der Waals surface area contributed by atoms with Gasteiger partial charge >= 0.3 is 0 Å². The first-order valence-electron chi connectivity index (χ1n) is 10.2. The van der Waals surface area contributed by atoms with Gasteiger partial charge in [-0.3, -0.25) is 4.79 Å². The molecule has 1 aliphatic carbocycles. The highest BCUT2D eigenvalue weighted by atomic mass is 19.1. The Morgan fingerprint density at radius 1 is 1.41 bits per heavy atom. The van der Waals surface area contributed by atoms with Crippen LogP contribution >= 0.6 is 0 Å². The third kappa shape index (κ3) is 5.61. The average Bonchev–Trinajstić information content (AvgIpc) is 3.13. The van der Waals surface area contributed by atoms with Crippen LogP contribution in [0.25, 0.3) is 0 Å². The molecule has 0 saturated carbocycles. The van der Waals surface area contributed by atoms with Crippen molar-refractivity contribution in [2.45, 2.75) is 64.1 Å². The summed E-state index contributed by atoms with van der Waals surface area (Å²) in [6.07, 6.45) is 7.17. The van der Waals surface area contributed by atoms with Gasteiger partial charge in [0.1, 0.15) is 11.6 Å². The van der Waals surface area contributed by atoms with Crippen molar-refractivity contribution < 1.29 is 18.7 Å². The highest BCUT2D eigenvalue weighted by Crippen LogP contribution is 2.25. The lowest BCUT2D eigenvalue weighted by Gasteiger charge is -2.29. The first kappa shape index (κ1) is 21.4. The first-order chi connectivity index (χ1) is 14.0. The topological polar surface area (TPSA) is 79.2 Å². The number of carbonyl (C=O) groups is 1.